The summed E-state index contributed by atoms with van der Waals surface area (Å²) in [5, 5.41) is 4.15. The van der Waals surface area contributed by atoms with Gasteiger partial charge in [0.25, 0.3) is 5.91 Å². The van der Waals surface area contributed by atoms with Gasteiger partial charge in [-0.3, -0.25) is 29.1 Å². The largest absolute Gasteiger partial charge is 0.358 e. The Labute approximate surface area is 194 Å². The summed E-state index contributed by atoms with van der Waals surface area (Å²) < 4.78 is 1.47. The van der Waals surface area contributed by atoms with Crippen LogP contribution >= 0.6 is 0 Å². The summed E-state index contributed by atoms with van der Waals surface area (Å²) in [7, 11) is 0. The second-order valence-electron chi connectivity index (χ2n) is 7.65. The number of carbonyl (C=O) groups is 2. The standard InChI is InChI=1S/C24H20N8O2/c1-15-16(5-6-21(33)32-11-10-26-14-32)22(18-4-2-3-7-27-18)19(29-15)12-17-23(30-31-24(17)34)20-13-25-8-9-28-20/h2-4,7-14,29H,5-6H2,1H3,(H,31,34). The van der Waals surface area contributed by atoms with Gasteiger partial charge < -0.3 is 4.98 Å². The number of carbonyl (C=O) groups excluding carboxylic acids is 2. The average Bonchev–Trinajstić information content (AvgIpc) is 3.59. The normalized spacial score (nSPS) is 14.3. The number of H-pyrrole nitrogens is 1. The molecule has 4 aromatic rings. The van der Waals surface area contributed by atoms with Crippen molar-refractivity contribution in [3.8, 4) is 11.3 Å². The second-order valence-corrected chi connectivity index (χ2v) is 7.65. The van der Waals surface area contributed by atoms with Crippen LogP contribution in [0.2, 0.25) is 0 Å². The first-order valence-corrected chi connectivity index (χ1v) is 10.6. The number of hydrogen-bond donors (Lipinski definition) is 2. The third kappa shape index (κ3) is 4.04. The third-order valence-corrected chi connectivity index (χ3v) is 5.51. The van der Waals surface area contributed by atoms with E-state index in [1.807, 2.05) is 25.1 Å². The first-order chi connectivity index (χ1) is 16.6. The molecule has 1 aliphatic rings. The maximum atomic E-state index is 12.6. The fourth-order valence-electron chi connectivity index (χ4n) is 3.91. The summed E-state index contributed by atoms with van der Waals surface area (Å²) in [4.78, 5) is 45.4. The van der Waals surface area contributed by atoms with E-state index in [1.54, 1.807) is 43.3 Å². The van der Waals surface area contributed by atoms with Gasteiger partial charge in [-0.15, -0.1) is 0 Å². The lowest BCUT2D eigenvalue weighted by Gasteiger charge is -2.07. The molecule has 0 bridgehead atoms. The van der Waals surface area contributed by atoms with Gasteiger partial charge in [-0.25, -0.2) is 10.4 Å². The fraction of sp³-hybridized carbons (Fsp3) is 0.125. The van der Waals surface area contributed by atoms with Crippen molar-refractivity contribution in [1.29, 1.82) is 0 Å². The van der Waals surface area contributed by atoms with Crippen molar-refractivity contribution in [3.05, 3.63) is 89.9 Å². The van der Waals surface area contributed by atoms with Crippen LogP contribution in [0.5, 0.6) is 0 Å². The van der Waals surface area contributed by atoms with Crippen LogP contribution in [0.25, 0.3) is 17.3 Å². The Morgan fingerprint density at radius 1 is 1.09 bits per heavy atom. The molecular weight excluding hydrogens is 432 g/mol. The minimum absolute atomic E-state index is 0.0581. The molecule has 4 aromatic heterocycles. The molecular formula is C24H20N8O2. The van der Waals surface area contributed by atoms with E-state index in [1.165, 1.54) is 10.9 Å². The summed E-state index contributed by atoms with van der Waals surface area (Å²) in [6, 6.07) is 5.64. The number of pyridine rings is 1. The van der Waals surface area contributed by atoms with Crippen LogP contribution in [-0.2, 0) is 11.2 Å². The zero-order valence-electron chi connectivity index (χ0n) is 18.3. The molecule has 0 saturated carbocycles. The highest BCUT2D eigenvalue weighted by Gasteiger charge is 2.27. The Hall–Kier alpha value is -4.73. The fourth-order valence-corrected chi connectivity index (χ4v) is 3.91. The number of rotatable bonds is 6. The average molecular weight is 452 g/mol. The molecule has 0 unspecified atom stereocenters. The summed E-state index contributed by atoms with van der Waals surface area (Å²) >= 11 is 0. The minimum atomic E-state index is -0.336. The Bertz CT molecular complexity index is 1400. The second kappa shape index (κ2) is 9.02. The number of amides is 1. The Kier molecular flexibility index (Phi) is 5.61. The smallest absolute Gasteiger partial charge is 0.273 e. The van der Waals surface area contributed by atoms with E-state index in [2.05, 4.69) is 35.4 Å². The molecule has 1 aliphatic heterocycles. The quantitative estimate of drug-likeness (QED) is 0.432. The molecule has 5 heterocycles. The highest BCUT2D eigenvalue weighted by atomic mass is 16.2. The lowest BCUT2D eigenvalue weighted by Crippen LogP contribution is -2.14. The lowest BCUT2D eigenvalue weighted by atomic mass is 9.98. The molecule has 0 fully saturated rings. The molecule has 0 atom stereocenters. The molecule has 5 rings (SSSR count). The monoisotopic (exact) mass is 452 g/mol. The van der Waals surface area contributed by atoms with Crippen LogP contribution < -0.4 is 5.43 Å². The van der Waals surface area contributed by atoms with Crippen LogP contribution in [0.15, 0.2) is 72.4 Å². The van der Waals surface area contributed by atoms with E-state index in [0.29, 0.717) is 29.1 Å². The SMILES string of the molecule is Cc1[nH]c(C=C2C(=O)NN=C2c2cnccn2)c(-c2ccccn2)c1CCC(=O)n1ccnc1. The third-order valence-electron chi connectivity index (χ3n) is 5.51. The van der Waals surface area contributed by atoms with E-state index in [4.69, 9.17) is 0 Å². The van der Waals surface area contributed by atoms with Crippen LogP contribution in [0.1, 0.15) is 33.9 Å². The van der Waals surface area contributed by atoms with Gasteiger partial charge in [-0.2, -0.15) is 5.10 Å². The number of nitrogens with zero attached hydrogens (tertiary/aromatic N) is 6. The van der Waals surface area contributed by atoms with Crippen LogP contribution in [0.3, 0.4) is 0 Å². The van der Waals surface area contributed by atoms with E-state index in [0.717, 1.165) is 22.5 Å². The summed E-state index contributed by atoms with van der Waals surface area (Å²) in [6.07, 6.45) is 13.6. The zero-order valence-corrected chi connectivity index (χ0v) is 18.3. The van der Waals surface area contributed by atoms with E-state index in [9.17, 15) is 9.59 Å². The number of aromatic amines is 1. The number of hydrazone groups is 1. The van der Waals surface area contributed by atoms with Crippen LogP contribution in [0.4, 0.5) is 0 Å². The van der Waals surface area contributed by atoms with Crippen molar-refractivity contribution in [2.75, 3.05) is 0 Å². The minimum Gasteiger partial charge on any atom is -0.358 e. The van der Waals surface area contributed by atoms with Gasteiger partial charge in [0.1, 0.15) is 17.7 Å². The van der Waals surface area contributed by atoms with E-state index < -0.39 is 0 Å². The number of aryl methyl sites for hydroxylation is 1. The summed E-state index contributed by atoms with van der Waals surface area (Å²) in [5.41, 5.74) is 7.88. The van der Waals surface area contributed by atoms with Crippen LogP contribution in [0, 0.1) is 6.92 Å². The number of hydrogen-bond acceptors (Lipinski definition) is 7. The molecule has 0 aromatic carbocycles. The first-order valence-electron chi connectivity index (χ1n) is 10.6. The highest BCUT2D eigenvalue weighted by molar-refractivity contribution is 6.32. The molecule has 10 nitrogen and oxygen atoms in total. The molecule has 0 spiro atoms. The van der Waals surface area contributed by atoms with Crippen LogP contribution in [-0.4, -0.2) is 47.0 Å². The number of aromatic nitrogens is 6. The number of imidazole rings is 1. The van der Waals surface area contributed by atoms with Gasteiger partial charge in [0.05, 0.1) is 17.5 Å². The predicted molar refractivity (Wildman–Crippen MR) is 125 cm³/mol. The van der Waals surface area contributed by atoms with Crippen molar-refractivity contribution in [2.24, 2.45) is 5.10 Å². The van der Waals surface area contributed by atoms with Crippen molar-refractivity contribution >= 4 is 23.6 Å². The number of nitrogens with one attached hydrogen (secondary N) is 2. The molecule has 0 radical (unpaired) electrons. The molecule has 0 saturated heterocycles. The van der Waals surface area contributed by atoms with Gasteiger partial charge in [0.2, 0.25) is 5.91 Å². The van der Waals surface area contributed by atoms with Crippen molar-refractivity contribution < 1.29 is 9.59 Å². The van der Waals surface area contributed by atoms with Gasteiger partial charge in [-0.1, -0.05) is 6.07 Å². The van der Waals surface area contributed by atoms with Gasteiger partial charge in [0.15, 0.2) is 0 Å². The molecule has 34 heavy (non-hydrogen) atoms. The zero-order chi connectivity index (χ0) is 23.5. The Morgan fingerprint density at radius 3 is 2.71 bits per heavy atom. The molecule has 10 heteroatoms. The maximum absolute atomic E-state index is 12.6. The highest BCUT2D eigenvalue weighted by Crippen LogP contribution is 2.32. The van der Waals surface area contributed by atoms with Gasteiger partial charge in [-0.05, 0) is 37.1 Å². The first kappa shape index (κ1) is 21.1. The van der Waals surface area contributed by atoms with Crippen molar-refractivity contribution in [2.45, 2.75) is 19.8 Å². The van der Waals surface area contributed by atoms with Crippen molar-refractivity contribution in [1.82, 2.24) is 34.9 Å². The Morgan fingerprint density at radius 2 is 1.97 bits per heavy atom. The lowest BCUT2D eigenvalue weighted by molar-refractivity contribution is -0.116. The van der Waals surface area contributed by atoms with E-state index >= 15 is 0 Å². The topological polar surface area (TPSA) is 131 Å². The predicted octanol–water partition coefficient (Wildman–Crippen LogP) is 2.56. The maximum Gasteiger partial charge on any atom is 0.273 e. The van der Waals surface area contributed by atoms with Gasteiger partial charge in [0, 0.05) is 54.4 Å². The molecule has 1 amide bonds. The summed E-state index contributed by atoms with van der Waals surface area (Å²) in [6.45, 7) is 1.94. The van der Waals surface area contributed by atoms with Gasteiger partial charge >= 0.3 is 0 Å². The summed E-state index contributed by atoms with van der Waals surface area (Å²) in [5.74, 6) is -0.395. The molecule has 2 N–H and O–H groups in total. The molecule has 0 aliphatic carbocycles. The van der Waals surface area contributed by atoms with Crippen molar-refractivity contribution in [3.63, 3.8) is 0 Å². The van der Waals surface area contributed by atoms with E-state index in [-0.39, 0.29) is 18.2 Å². The Balaban J connectivity index is 1.56. The molecule has 168 valence electrons.